The van der Waals surface area contributed by atoms with Gasteiger partial charge in [-0.05, 0) is 18.4 Å². The number of carboxylic acids is 1. The van der Waals surface area contributed by atoms with Crippen molar-refractivity contribution in [3.05, 3.63) is 11.3 Å². The number of hydrogen-bond acceptors (Lipinski definition) is 5. The van der Waals surface area contributed by atoms with Crippen LogP contribution in [0.5, 0.6) is 0 Å². The molecule has 1 saturated heterocycles. The number of fused-ring (bicyclic) bond motifs is 1. The summed E-state index contributed by atoms with van der Waals surface area (Å²) in [6.07, 6.45) is -1.08. The number of hydrogen-bond donors (Lipinski definition) is 2. The molecule has 0 radical (unpaired) electrons. The van der Waals surface area contributed by atoms with Crippen LogP contribution in [0, 0.1) is 17.8 Å². The van der Waals surface area contributed by atoms with E-state index in [4.69, 9.17) is 0 Å². The van der Waals surface area contributed by atoms with Crippen LogP contribution in [-0.2, 0) is 9.59 Å². The van der Waals surface area contributed by atoms with E-state index in [0.717, 1.165) is 0 Å². The number of rotatable bonds is 5. The average molecular weight is 319 g/mol. The molecule has 0 aromatic rings. The Kier molecular flexibility index (Phi) is 6.26. The van der Waals surface area contributed by atoms with Gasteiger partial charge in [-0.2, -0.15) is 0 Å². The van der Waals surface area contributed by atoms with Crippen LogP contribution in [0.1, 0.15) is 34.1 Å². The molecule has 22 heavy (non-hydrogen) atoms. The normalized spacial score (nSPS) is 31.1. The first-order valence-electron chi connectivity index (χ1n) is 7.38. The maximum atomic E-state index is 12.1. The van der Waals surface area contributed by atoms with Crippen molar-refractivity contribution in [2.24, 2.45) is 17.8 Å². The first kappa shape index (κ1) is 19.6. The van der Waals surface area contributed by atoms with Gasteiger partial charge in [0.15, 0.2) is 0 Å². The number of carbonyl (C=O) groups is 2. The van der Waals surface area contributed by atoms with Crippen molar-refractivity contribution >= 4 is 11.9 Å². The molecular weight excluding hydrogens is 297 g/mol. The third kappa shape index (κ3) is 2.76. The second kappa shape index (κ2) is 7.01. The molecule has 0 spiro atoms. The Labute approximate surface area is 152 Å². The maximum absolute atomic E-state index is 12.1. The second-order valence-electron chi connectivity index (χ2n) is 6.18. The van der Waals surface area contributed by atoms with Crippen molar-refractivity contribution < 1.29 is 54.5 Å². The van der Waals surface area contributed by atoms with Crippen molar-refractivity contribution in [1.29, 1.82) is 0 Å². The number of carbonyl (C=O) groups excluding carboxylic acids is 2. The number of β-lactam (4-membered cyclic amide) rings is 1. The summed E-state index contributed by atoms with van der Waals surface area (Å²) >= 11 is 0. The first-order valence-corrected chi connectivity index (χ1v) is 7.38. The molecule has 2 aliphatic heterocycles. The Morgan fingerprint density at radius 3 is 2.32 bits per heavy atom. The zero-order valence-electron chi connectivity index (χ0n) is 13.7. The fourth-order valence-corrected chi connectivity index (χ4v) is 3.51. The van der Waals surface area contributed by atoms with Gasteiger partial charge in [0.2, 0.25) is 5.91 Å². The van der Waals surface area contributed by atoms with Gasteiger partial charge >= 0.3 is 29.6 Å². The van der Waals surface area contributed by atoms with Gasteiger partial charge in [0.05, 0.1) is 35.8 Å². The summed E-state index contributed by atoms with van der Waals surface area (Å²) < 4.78 is 0. The molecule has 0 aromatic heterocycles. The van der Waals surface area contributed by atoms with Crippen LogP contribution in [0.3, 0.4) is 0 Å². The van der Waals surface area contributed by atoms with E-state index in [1.165, 1.54) is 11.8 Å². The number of nitrogens with zero attached hydrogens (tertiary/aromatic N) is 1. The molecule has 0 bridgehead atoms. The number of aliphatic hydroxyl groups excluding tert-OH is 2. The van der Waals surface area contributed by atoms with E-state index in [1.54, 1.807) is 6.92 Å². The van der Waals surface area contributed by atoms with Crippen LogP contribution in [0.15, 0.2) is 11.3 Å². The Morgan fingerprint density at radius 2 is 1.91 bits per heavy atom. The quantitative estimate of drug-likeness (QED) is 0.401. The van der Waals surface area contributed by atoms with Crippen molar-refractivity contribution in [2.75, 3.05) is 0 Å². The summed E-state index contributed by atoms with van der Waals surface area (Å²) in [5.41, 5.74) is 0.146. The molecule has 2 aliphatic rings. The van der Waals surface area contributed by atoms with Crippen LogP contribution in [-0.4, -0.2) is 45.2 Å². The minimum atomic E-state index is -1.45. The van der Waals surface area contributed by atoms with Gasteiger partial charge in [0.25, 0.3) is 0 Å². The van der Waals surface area contributed by atoms with E-state index < -0.39 is 36.0 Å². The topological polar surface area (TPSA) is 101 Å². The van der Waals surface area contributed by atoms with Crippen LogP contribution in [0.2, 0.25) is 0 Å². The van der Waals surface area contributed by atoms with Crippen LogP contribution >= 0.6 is 0 Å². The van der Waals surface area contributed by atoms with Gasteiger partial charge in [0, 0.05) is 5.92 Å². The first-order chi connectivity index (χ1) is 9.73. The molecule has 1 fully saturated rings. The number of aliphatic hydroxyl groups is 2. The van der Waals surface area contributed by atoms with Gasteiger partial charge in [-0.1, -0.05) is 27.2 Å². The molecular formula is C15H22NNaO5. The minimum Gasteiger partial charge on any atom is -0.543 e. The van der Waals surface area contributed by atoms with Crippen molar-refractivity contribution in [1.82, 2.24) is 4.90 Å². The number of carboxylic acid groups (broad SMARTS) is 1. The summed E-state index contributed by atoms with van der Waals surface area (Å²) in [6.45, 7) is 7.05. The Bertz CT molecular complexity index is 504. The predicted molar refractivity (Wildman–Crippen MR) is 72.5 cm³/mol. The third-order valence-electron chi connectivity index (χ3n) is 4.92. The summed E-state index contributed by atoms with van der Waals surface area (Å²) in [5, 5.41) is 31.6. The van der Waals surface area contributed by atoms with Crippen molar-refractivity contribution in [2.45, 2.75) is 52.4 Å². The van der Waals surface area contributed by atoms with Crippen LogP contribution in [0.25, 0.3) is 0 Å². The molecule has 0 aromatic carbocycles. The van der Waals surface area contributed by atoms with Crippen LogP contribution in [0.4, 0.5) is 0 Å². The molecule has 2 heterocycles. The Hall–Kier alpha value is -0.400. The molecule has 0 aliphatic carbocycles. The van der Waals surface area contributed by atoms with Gasteiger partial charge in [-0.15, -0.1) is 0 Å². The summed E-state index contributed by atoms with van der Waals surface area (Å²) in [5.74, 6) is -2.89. The predicted octanol–water partition coefficient (Wildman–Crippen LogP) is -3.74. The molecule has 6 atom stereocenters. The molecule has 2 rings (SSSR count). The van der Waals surface area contributed by atoms with Gasteiger partial charge in [0.1, 0.15) is 0 Å². The SMILES string of the molecule is CCC(C)[C@@H](O)C1=C(C(=O)[O-])N2C(=O)[C@H]([C@@H](C)O)C2[C@H]1C.[Na+]. The second-order valence-corrected chi connectivity index (χ2v) is 6.18. The summed E-state index contributed by atoms with van der Waals surface area (Å²) in [4.78, 5) is 24.7. The maximum Gasteiger partial charge on any atom is 1.00 e. The Morgan fingerprint density at radius 1 is 1.36 bits per heavy atom. The molecule has 2 N–H and O–H groups in total. The van der Waals surface area contributed by atoms with E-state index in [2.05, 4.69) is 0 Å². The minimum absolute atomic E-state index is 0. The zero-order valence-corrected chi connectivity index (χ0v) is 15.7. The smallest absolute Gasteiger partial charge is 0.543 e. The fourth-order valence-electron chi connectivity index (χ4n) is 3.51. The molecule has 6 nitrogen and oxygen atoms in total. The van der Waals surface area contributed by atoms with E-state index >= 15 is 0 Å². The molecule has 2 unspecified atom stereocenters. The van der Waals surface area contributed by atoms with Crippen molar-refractivity contribution in [3.8, 4) is 0 Å². The average Bonchev–Trinajstić information content (AvgIpc) is 2.66. The van der Waals surface area contributed by atoms with E-state index in [-0.39, 0.29) is 47.1 Å². The van der Waals surface area contributed by atoms with Crippen LogP contribution < -0.4 is 34.7 Å². The summed E-state index contributed by atoms with van der Waals surface area (Å²) in [7, 11) is 0. The Balaban J connectivity index is 0.00000242. The van der Waals surface area contributed by atoms with E-state index in [0.29, 0.717) is 12.0 Å². The van der Waals surface area contributed by atoms with E-state index in [9.17, 15) is 24.9 Å². The summed E-state index contributed by atoms with van der Waals surface area (Å²) in [6, 6.07) is -0.404. The number of amides is 1. The standard InChI is InChI=1S/C15H23NO5.Na/c1-5-6(2)13(18)9-7(3)11-10(8(4)17)14(19)16(11)12(9)15(20)21;/h6-8,10-11,13,17-18H,5H2,1-4H3,(H,20,21);/q;+1/p-1/t6?,7-,8+,10+,11?,13+;/m0./s1. The molecule has 1 amide bonds. The van der Waals surface area contributed by atoms with Gasteiger partial charge in [-0.3, -0.25) is 4.79 Å². The third-order valence-corrected chi connectivity index (χ3v) is 4.92. The number of aliphatic carboxylic acids is 1. The fraction of sp³-hybridized carbons (Fsp3) is 0.733. The molecule has 7 heteroatoms. The monoisotopic (exact) mass is 319 g/mol. The molecule has 0 saturated carbocycles. The van der Waals surface area contributed by atoms with Gasteiger partial charge in [-0.25, -0.2) is 0 Å². The largest absolute Gasteiger partial charge is 1.00 e. The zero-order chi connectivity index (χ0) is 16.1. The van der Waals surface area contributed by atoms with Crippen molar-refractivity contribution in [3.63, 3.8) is 0 Å². The van der Waals surface area contributed by atoms with Gasteiger partial charge < -0.3 is 25.0 Å². The molecule has 118 valence electrons. The van der Waals surface area contributed by atoms with E-state index in [1.807, 2.05) is 13.8 Å².